The third kappa shape index (κ3) is 2.45. The number of carbonyl (C=O) groups excluding carboxylic acids is 1. The van der Waals surface area contributed by atoms with Gasteiger partial charge in [-0.2, -0.15) is 0 Å². The Morgan fingerprint density at radius 1 is 1.44 bits per heavy atom. The Balaban J connectivity index is 1.84. The Kier molecular flexibility index (Phi) is 2.99. The highest BCUT2D eigenvalue weighted by atomic mass is 16.6. The van der Waals surface area contributed by atoms with Crippen LogP contribution in [-0.2, 0) is 4.74 Å². The second kappa shape index (κ2) is 4.43. The van der Waals surface area contributed by atoms with Crippen LogP contribution in [0.3, 0.4) is 0 Å². The average Bonchev–Trinajstić information content (AvgIpc) is 2.58. The molecule has 1 aromatic carbocycles. The van der Waals surface area contributed by atoms with Gasteiger partial charge in [0.1, 0.15) is 6.10 Å². The van der Waals surface area contributed by atoms with Gasteiger partial charge in [0.15, 0.2) is 0 Å². The van der Waals surface area contributed by atoms with E-state index in [0.717, 1.165) is 5.69 Å². The Labute approximate surface area is 95.2 Å². The summed E-state index contributed by atoms with van der Waals surface area (Å²) in [6.45, 7) is 3.36. The minimum atomic E-state index is -0.240. The van der Waals surface area contributed by atoms with E-state index in [1.165, 1.54) is 5.56 Å². The number of anilines is 1. The largest absolute Gasteiger partial charge is 0.442 e. The van der Waals surface area contributed by atoms with Gasteiger partial charge in [0.05, 0.1) is 13.1 Å². The molecule has 4 heteroatoms. The summed E-state index contributed by atoms with van der Waals surface area (Å²) >= 11 is 0. The van der Waals surface area contributed by atoms with Crippen LogP contribution in [0.5, 0.6) is 0 Å². The van der Waals surface area contributed by atoms with Crippen molar-refractivity contribution in [1.29, 1.82) is 0 Å². The number of cyclic esters (lactones) is 1. The molecule has 4 nitrogen and oxygen atoms in total. The lowest BCUT2D eigenvalue weighted by Gasteiger charge is -2.10. The number of hydrogen-bond acceptors (Lipinski definition) is 3. The molecule has 1 aliphatic rings. The average molecular weight is 220 g/mol. The molecule has 1 saturated heterocycles. The third-order valence-corrected chi connectivity index (χ3v) is 2.64. The number of carbonyl (C=O) groups is 1. The number of amides is 1. The second-order valence-electron chi connectivity index (χ2n) is 4.13. The quantitative estimate of drug-likeness (QED) is 0.845. The van der Waals surface area contributed by atoms with E-state index in [9.17, 15) is 4.79 Å². The number of hydrogen-bond donors (Lipinski definition) is 1. The lowest BCUT2D eigenvalue weighted by atomic mass is 10.2. The predicted octanol–water partition coefficient (Wildman–Crippen LogP) is 1.86. The van der Waals surface area contributed by atoms with Crippen molar-refractivity contribution in [1.82, 2.24) is 4.90 Å². The van der Waals surface area contributed by atoms with Crippen LogP contribution < -0.4 is 5.32 Å². The van der Waals surface area contributed by atoms with E-state index >= 15 is 0 Å². The summed E-state index contributed by atoms with van der Waals surface area (Å²) in [5.74, 6) is 0. The van der Waals surface area contributed by atoms with Crippen LogP contribution in [0, 0.1) is 6.92 Å². The van der Waals surface area contributed by atoms with Gasteiger partial charge in [-0.3, -0.25) is 0 Å². The molecule has 2 rings (SSSR count). The smallest absolute Gasteiger partial charge is 0.410 e. The monoisotopic (exact) mass is 220 g/mol. The molecule has 1 amide bonds. The van der Waals surface area contributed by atoms with Crippen molar-refractivity contribution in [2.45, 2.75) is 13.0 Å². The van der Waals surface area contributed by atoms with Gasteiger partial charge in [-0.15, -0.1) is 0 Å². The van der Waals surface area contributed by atoms with E-state index in [1.54, 1.807) is 11.9 Å². The molecule has 16 heavy (non-hydrogen) atoms. The molecule has 0 radical (unpaired) electrons. The highest BCUT2D eigenvalue weighted by Gasteiger charge is 2.27. The van der Waals surface area contributed by atoms with Crippen LogP contribution in [0.15, 0.2) is 24.3 Å². The maximum atomic E-state index is 11.1. The van der Waals surface area contributed by atoms with Crippen molar-refractivity contribution in [2.75, 3.05) is 25.5 Å². The molecule has 0 unspecified atom stereocenters. The van der Waals surface area contributed by atoms with E-state index in [4.69, 9.17) is 4.74 Å². The SMILES string of the molecule is Cc1ccc(NC[C@H]2CN(C)C(=O)O2)cc1. The summed E-state index contributed by atoms with van der Waals surface area (Å²) in [7, 11) is 1.74. The number of nitrogens with one attached hydrogen (secondary N) is 1. The van der Waals surface area contributed by atoms with Gasteiger partial charge >= 0.3 is 6.09 Å². The van der Waals surface area contributed by atoms with Crippen LogP contribution in [0.2, 0.25) is 0 Å². The van der Waals surface area contributed by atoms with Crippen molar-refractivity contribution in [3.05, 3.63) is 29.8 Å². The summed E-state index contributed by atoms with van der Waals surface area (Å²) < 4.78 is 5.14. The Morgan fingerprint density at radius 2 is 2.12 bits per heavy atom. The fraction of sp³-hybridized carbons (Fsp3) is 0.417. The topological polar surface area (TPSA) is 41.6 Å². The van der Waals surface area contributed by atoms with Crippen molar-refractivity contribution < 1.29 is 9.53 Å². The van der Waals surface area contributed by atoms with Crippen molar-refractivity contribution in [3.63, 3.8) is 0 Å². The summed E-state index contributed by atoms with van der Waals surface area (Å²) in [5, 5.41) is 3.25. The number of aryl methyl sites for hydroxylation is 1. The first-order valence-corrected chi connectivity index (χ1v) is 5.37. The first-order valence-electron chi connectivity index (χ1n) is 5.37. The fourth-order valence-corrected chi connectivity index (χ4v) is 1.66. The minimum Gasteiger partial charge on any atom is -0.442 e. The van der Waals surface area contributed by atoms with E-state index in [2.05, 4.69) is 24.4 Å². The highest BCUT2D eigenvalue weighted by molar-refractivity contribution is 5.69. The maximum Gasteiger partial charge on any atom is 0.410 e. The van der Waals surface area contributed by atoms with Crippen LogP contribution in [0.4, 0.5) is 10.5 Å². The predicted molar refractivity (Wildman–Crippen MR) is 62.6 cm³/mol. The molecule has 1 fully saturated rings. The van der Waals surface area contributed by atoms with Gasteiger partial charge in [-0.25, -0.2) is 4.79 Å². The summed E-state index contributed by atoms with van der Waals surface area (Å²) in [6.07, 6.45) is -0.297. The van der Waals surface area contributed by atoms with E-state index in [1.807, 2.05) is 12.1 Å². The molecule has 1 heterocycles. The van der Waals surface area contributed by atoms with E-state index < -0.39 is 0 Å². The molecule has 0 bridgehead atoms. The van der Waals surface area contributed by atoms with Crippen LogP contribution >= 0.6 is 0 Å². The number of benzene rings is 1. The Hall–Kier alpha value is -1.71. The molecule has 0 spiro atoms. The van der Waals surface area contributed by atoms with Gasteiger partial charge < -0.3 is 15.0 Å². The molecule has 86 valence electrons. The molecule has 0 aliphatic carbocycles. The van der Waals surface area contributed by atoms with Crippen LogP contribution in [0.1, 0.15) is 5.56 Å². The molecule has 1 aliphatic heterocycles. The van der Waals surface area contributed by atoms with Crippen LogP contribution in [-0.4, -0.2) is 37.2 Å². The lowest BCUT2D eigenvalue weighted by Crippen LogP contribution is -2.24. The van der Waals surface area contributed by atoms with Crippen molar-refractivity contribution in [3.8, 4) is 0 Å². The lowest BCUT2D eigenvalue weighted by molar-refractivity contribution is 0.138. The summed E-state index contributed by atoms with van der Waals surface area (Å²) in [4.78, 5) is 12.7. The highest BCUT2D eigenvalue weighted by Crippen LogP contribution is 2.12. The molecular formula is C12H16N2O2. The first kappa shape index (κ1) is 10.8. The standard InChI is InChI=1S/C12H16N2O2/c1-9-3-5-10(6-4-9)13-7-11-8-14(2)12(15)16-11/h3-6,11,13H,7-8H2,1-2H3/t11-/m0/s1. The molecule has 1 atom stereocenters. The molecular weight excluding hydrogens is 204 g/mol. The number of likely N-dealkylation sites (N-methyl/N-ethyl adjacent to an activating group) is 1. The zero-order valence-electron chi connectivity index (χ0n) is 9.56. The molecule has 1 N–H and O–H groups in total. The van der Waals surface area contributed by atoms with Gasteiger partial charge in [-0.1, -0.05) is 17.7 Å². The van der Waals surface area contributed by atoms with Gasteiger partial charge in [-0.05, 0) is 19.1 Å². The third-order valence-electron chi connectivity index (χ3n) is 2.64. The fourth-order valence-electron chi connectivity index (χ4n) is 1.66. The minimum absolute atomic E-state index is 0.0567. The van der Waals surface area contributed by atoms with E-state index in [-0.39, 0.29) is 12.2 Å². The summed E-state index contributed by atoms with van der Waals surface area (Å²) in [5.41, 5.74) is 2.29. The van der Waals surface area contributed by atoms with Gasteiger partial charge in [0, 0.05) is 12.7 Å². The number of rotatable bonds is 3. The number of nitrogens with zero attached hydrogens (tertiary/aromatic N) is 1. The molecule has 0 aromatic heterocycles. The van der Waals surface area contributed by atoms with Crippen LogP contribution in [0.25, 0.3) is 0 Å². The van der Waals surface area contributed by atoms with Crippen molar-refractivity contribution >= 4 is 11.8 Å². The van der Waals surface area contributed by atoms with E-state index in [0.29, 0.717) is 13.1 Å². The van der Waals surface area contributed by atoms with Crippen molar-refractivity contribution in [2.24, 2.45) is 0 Å². The molecule has 0 saturated carbocycles. The second-order valence-corrected chi connectivity index (χ2v) is 4.13. The Bertz CT molecular complexity index is 375. The number of ether oxygens (including phenoxy) is 1. The zero-order chi connectivity index (χ0) is 11.5. The Morgan fingerprint density at radius 3 is 2.69 bits per heavy atom. The normalized spacial score (nSPS) is 19.8. The molecule has 1 aromatic rings. The van der Waals surface area contributed by atoms with Gasteiger partial charge in [0.2, 0.25) is 0 Å². The first-order chi connectivity index (χ1) is 7.65. The zero-order valence-corrected chi connectivity index (χ0v) is 9.56. The maximum absolute atomic E-state index is 11.1. The summed E-state index contributed by atoms with van der Waals surface area (Å²) in [6, 6.07) is 8.15. The van der Waals surface area contributed by atoms with Gasteiger partial charge in [0.25, 0.3) is 0 Å².